The van der Waals surface area contributed by atoms with Crippen LogP contribution in [0.2, 0.25) is 18.1 Å². The molecule has 174 valence electrons. The molecule has 32 heavy (non-hydrogen) atoms. The second-order valence-corrected chi connectivity index (χ2v) is 13.3. The Bertz CT molecular complexity index is 958. The zero-order chi connectivity index (χ0) is 24.1. The van der Waals surface area contributed by atoms with Crippen LogP contribution < -0.4 is 5.73 Å². The third-order valence-electron chi connectivity index (χ3n) is 6.30. The van der Waals surface area contributed by atoms with Gasteiger partial charge in [-0.3, -0.25) is 4.79 Å². The Morgan fingerprint density at radius 3 is 2.09 bits per heavy atom. The Morgan fingerprint density at radius 1 is 1.03 bits per heavy atom. The van der Waals surface area contributed by atoms with Gasteiger partial charge in [0.05, 0.1) is 0 Å². The molecule has 0 saturated heterocycles. The summed E-state index contributed by atoms with van der Waals surface area (Å²) in [4.78, 5) is 11.9. The van der Waals surface area contributed by atoms with Crippen LogP contribution in [0.1, 0.15) is 65.1 Å². The third kappa shape index (κ3) is 5.93. The van der Waals surface area contributed by atoms with Crippen LogP contribution in [0.5, 0.6) is 0 Å². The maximum absolute atomic E-state index is 15.7. The number of amides is 1. The summed E-state index contributed by atoms with van der Waals surface area (Å²) in [6, 6.07) is 12.9. The van der Waals surface area contributed by atoms with Crippen LogP contribution in [-0.2, 0) is 4.43 Å². The highest BCUT2D eigenvalue weighted by atomic mass is 28.4. The first-order valence-corrected chi connectivity index (χ1v) is 13.7. The quantitative estimate of drug-likeness (QED) is 0.385. The number of carbonyl (C=O) groups is 1. The average Bonchev–Trinajstić information content (AvgIpc) is 2.74. The van der Waals surface area contributed by atoms with Crippen LogP contribution in [0.25, 0.3) is 6.08 Å². The second-order valence-electron chi connectivity index (χ2n) is 8.57. The van der Waals surface area contributed by atoms with E-state index >= 15 is 8.78 Å². The molecule has 0 fully saturated rings. The summed E-state index contributed by atoms with van der Waals surface area (Å²) in [5, 5.41) is 0. The van der Waals surface area contributed by atoms with Gasteiger partial charge in [-0.1, -0.05) is 68.3 Å². The molecule has 1 atom stereocenters. The summed E-state index contributed by atoms with van der Waals surface area (Å²) in [5.41, 5.74) is 9.19. The predicted molar refractivity (Wildman–Crippen MR) is 131 cm³/mol. The standard InChI is InChI=1S/C26H35F2NO2Si/c1-7-32(8-2,9-3)31-24(21-12-10-18(4)11-13-21)26(27,28)15-14-22-20(6)16-19(5)17-23(22)25(29)30/h10-17,24H,7-9H2,1-6H3,(H2,29,30)/b15-14+. The largest absolute Gasteiger partial charge is 0.404 e. The summed E-state index contributed by atoms with van der Waals surface area (Å²) in [6.07, 6.45) is 0.780. The number of nitrogens with two attached hydrogens (primary N) is 1. The molecule has 0 aromatic heterocycles. The van der Waals surface area contributed by atoms with Crippen molar-refractivity contribution in [2.75, 3.05) is 0 Å². The van der Waals surface area contributed by atoms with E-state index in [1.807, 2.05) is 52.8 Å². The van der Waals surface area contributed by atoms with E-state index in [1.165, 1.54) is 6.08 Å². The molecule has 2 rings (SSSR count). The van der Waals surface area contributed by atoms with Gasteiger partial charge in [-0.05, 0) is 67.7 Å². The van der Waals surface area contributed by atoms with Gasteiger partial charge >= 0.3 is 0 Å². The number of hydrogen-bond donors (Lipinski definition) is 1. The van der Waals surface area contributed by atoms with Gasteiger partial charge in [-0.25, -0.2) is 0 Å². The first-order chi connectivity index (χ1) is 15.0. The summed E-state index contributed by atoms with van der Waals surface area (Å²) in [7, 11) is -2.33. The number of benzene rings is 2. The molecular weight excluding hydrogens is 424 g/mol. The topological polar surface area (TPSA) is 52.3 Å². The summed E-state index contributed by atoms with van der Waals surface area (Å²) in [5.74, 6) is -3.92. The van der Waals surface area contributed by atoms with Gasteiger partial charge in [-0.2, -0.15) is 8.78 Å². The molecule has 0 heterocycles. The molecule has 2 N–H and O–H groups in total. The molecule has 0 aliphatic carbocycles. The van der Waals surface area contributed by atoms with Gasteiger partial charge in [0, 0.05) is 5.56 Å². The average molecular weight is 460 g/mol. The maximum atomic E-state index is 15.7. The monoisotopic (exact) mass is 459 g/mol. The molecule has 1 unspecified atom stereocenters. The fourth-order valence-electron chi connectivity index (χ4n) is 4.05. The fourth-order valence-corrected chi connectivity index (χ4v) is 6.84. The van der Waals surface area contributed by atoms with E-state index in [0.29, 0.717) is 11.1 Å². The van der Waals surface area contributed by atoms with Crippen LogP contribution >= 0.6 is 0 Å². The fraction of sp³-hybridized carbons (Fsp3) is 0.423. The highest BCUT2D eigenvalue weighted by Crippen LogP contribution is 2.41. The number of halogens is 2. The van der Waals surface area contributed by atoms with Crippen molar-refractivity contribution in [3.63, 3.8) is 0 Å². The molecule has 0 bridgehead atoms. The number of carbonyl (C=O) groups excluding carboxylic acids is 1. The van der Waals surface area contributed by atoms with Gasteiger partial charge in [0.25, 0.3) is 5.92 Å². The lowest BCUT2D eigenvalue weighted by Crippen LogP contribution is -2.41. The first-order valence-electron chi connectivity index (χ1n) is 11.2. The van der Waals surface area contributed by atoms with E-state index in [9.17, 15) is 4.79 Å². The minimum Gasteiger partial charge on any atom is -0.404 e. The summed E-state index contributed by atoms with van der Waals surface area (Å²) >= 11 is 0. The molecule has 0 spiro atoms. The zero-order valence-corrected chi connectivity index (χ0v) is 21.0. The molecule has 0 radical (unpaired) electrons. The summed E-state index contributed by atoms with van der Waals surface area (Å²) < 4.78 is 37.8. The van der Waals surface area contributed by atoms with E-state index in [1.54, 1.807) is 25.1 Å². The van der Waals surface area contributed by atoms with Crippen LogP contribution in [0.15, 0.2) is 42.5 Å². The van der Waals surface area contributed by atoms with Crippen molar-refractivity contribution in [2.45, 2.75) is 71.7 Å². The molecule has 2 aromatic carbocycles. The van der Waals surface area contributed by atoms with Crippen molar-refractivity contribution in [2.24, 2.45) is 5.73 Å². The Hall–Kier alpha value is -2.31. The predicted octanol–water partition coefficient (Wildman–Crippen LogP) is 7.12. The number of rotatable bonds is 10. The lowest BCUT2D eigenvalue weighted by atomic mass is 9.96. The third-order valence-corrected chi connectivity index (χ3v) is 10.9. The number of alkyl halides is 2. The van der Waals surface area contributed by atoms with Crippen LogP contribution in [-0.4, -0.2) is 20.1 Å². The van der Waals surface area contributed by atoms with E-state index in [2.05, 4.69) is 0 Å². The Labute approximate surface area is 191 Å². The van der Waals surface area contributed by atoms with E-state index in [-0.39, 0.29) is 5.56 Å². The summed E-state index contributed by atoms with van der Waals surface area (Å²) in [6.45, 7) is 11.6. The highest BCUT2D eigenvalue weighted by molar-refractivity contribution is 6.73. The number of hydrogen-bond acceptors (Lipinski definition) is 2. The van der Waals surface area contributed by atoms with Crippen molar-refractivity contribution < 1.29 is 18.0 Å². The van der Waals surface area contributed by atoms with E-state index < -0.39 is 26.3 Å². The van der Waals surface area contributed by atoms with Gasteiger partial charge in [0.2, 0.25) is 5.91 Å². The van der Waals surface area contributed by atoms with Gasteiger partial charge in [-0.15, -0.1) is 0 Å². The zero-order valence-electron chi connectivity index (χ0n) is 20.0. The van der Waals surface area contributed by atoms with Crippen molar-refractivity contribution in [3.05, 3.63) is 75.9 Å². The molecule has 1 amide bonds. The number of primary amides is 1. The Balaban J connectivity index is 2.55. The van der Waals surface area contributed by atoms with E-state index in [0.717, 1.165) is 40.9 Å². The minimum atomic E-state index is -3.28. The van der Waals surface area contributed by atoms with Crippen molar-refractivity contribution in [1.29, 1.82) is 0 Å². The molecule has 2 aromatic rings. The SMILES string of the molecule is CC[Si](CC)(CC)OC(c1ccc(C)cc1)C(F)(F)/C=C/c1c(C)cc(C)cc1C(N)=O. The first kappa shape index (κ1) is 25.9. The van der Waals surface area contributed by atoms with Gasteiger partial charge < -0.3 is 10.2 Å². The Kier molecular flexibility index (Phi) is 8.54. The van der Waals surface area contributed by atoms with E-state index in [4.69, 9.17) is 10.2 Å². The van der Waals surface area contributed by atoms with Gasteiger partial charge in [0.15, 0.2) is 8.32 Å². The maximum Gasteiger partial charge on any atom is 0.295 e. The smallest absolute Gasteiger partial charge is 0.295 e. The van der Waals surface area contributed by atoms with Crippen molar-refractivity contribution in [3.8, 4) is 0 Å². The molecule has 3 nitrogen and oxygen atoms in total. The molecule has 6 heteroatoms. The molecular formula is C26H35F2NO2Si. The van der Waals surface area contributed by atoms with Crippen molar-refractivity contribution >= 4 is 20.3 Å². The number of aryl methyl sites for hydroxylation is 3. The molecule has 0 aliphatic heterocycles. The van der Waals surface area contributed by atoms with Crippen LogP contribution in [0.4, 0.5) is 8.78 Å². The molecule has 0 aliphatic rings. The highest BCUT2D eigenvalue weighted by Gasteiger charge is 2.44. The lowest BCUT2D eigenvalue weighted by Gasteiger charge is -2.36. The molecule has 0 saturated carbocycles. The van der Waals surface area contributed by atoms with Crippen LogP contribution in [0, 0.1) is 20.8 Å². The Morgan fingerprint density at radius 2 is 1.59 bits per heavy atom. The minimum absolute atomic E-state index is 0.238. The van der Waals surface area contributed by atoms with Crippen molar-refractivity contribution in [1.82, 2.24) is 0 Å². The van der Waals surface area contributed by atoms with Gasteiger partial charge in [0.1, 0.15) is 6.10 Å². The van der Waals surface area contributed by atoms with Crippen LogP contribution in [0.3, 0.4) is 0 Å². The lowest BCUT2D eigenvalue weighted by molar-refractivity contribution is -0.0627. The second kappa shape index (κ2) is 10.5. The normalized spacial score (nSPS) is 13.5.